The summed E-state index contributed by atoms with van der Waals surface area (Å²) in [5.41, 5.74) is 1.66. The van der Waals surface area contributed by atoms with Crippen molar-refractivity contribution in [2.75, 3.05) is 0 Å². The molecule has 7 heteroatoms. The Hall–Kier alpha value is -1.47. The van der Waals surface area contributed by atoms with Crippen molar-refractivity contribution in [1.82, 2.24) is 15.2 Å². The van der Waals surface area contributed by atoms with Crippen LogP contribution in [0.5, 0.6) is 0 Å². The molecule has 1 aromatic rings. The van der Waals surface area contributed by atoms with Crippen molar-refractivity contribution in [2.24, 2.45) is 5.41 Å². The molecule has 0 aliphatic rings. The average molecular weight is 271 g/mol. The zero-order valence-electron chi connectivity index (χ0n) is 10.8. The summed E-state index contributed by atoms with van der Waals surface area (Å²) in [5.74, 6) is -0.691. The third kappa shape index (κ3) is 3.51. The predicted octanol–water partition coefficient (Wildman–Crippen LogP) is 1.49. The van der Waals surface area contributed by atoms with E-state index >= 15 is 0 Å². The summed E-state index contributed by atoms with van der Waals surface area (Å²) in [6.45, 7) is 7.25. The Morgan fingerprint density at radius 1 is 1.44 bits per heavy atom. The number of nitrogens with one attached hydrogen (secondary N) is 2. The lowest BCUT2D eigenvalue weighted by Crippen LogP contribution is -2.36. The van der Waals surface area contributed by atoms with Gasteiger partial charge in [0.05, 0.1) is 11.7 Å². The van der Waals surface area contributed by atoms with Crippen LogP contribution in [0.15, 0.2) is 6.07 Å². The molecule has 18 heavy (non-hydrogen) atoms. The molecule has 1 aromatic heterocycles. The Balaban J connectivity index is 2.73. The van der Waals surface area contributed by atoms with Gasteiger partial charge in [-0.25, -0.2) is 5.48 Å². The minimum atomic E-state index is -0.604. The molecule has 1 atom stereocenters. The quantitative estimate of drug-likeness (QED) is 0.573. The van der Waals surface area contributed by atoms with Gasteiger partial charge in [-0.05, 0) is 24.5 Å². The first-order chi connectivity index (χ1) is 8.25. The number of nitrogens with zero attached hydrogens (tertiary/aromatic N) is 1. The highest BCUT2D eigenvalue weighted by Gasteiger charge is 2.24. The van der Waals surface area contributed by atoms with Gasteiger partial charge in [0.15, 0.2) is 0 Å². The molecule has 1 rings (SSSR count). The van der Waals surface area contributed by atoms with E-state index in [1.54, 1.807) is 18.5 Å². The van der Waals surface area contributed by atoms with Crippen LogP contribution in [0.2, 0.25) is 0 Å². The average Bonchev–Trinajstić information content (AvgIpc) is 2.75. The standard InChI is InChI=1S/C11H17N3O3S/c1-6(12-10(16)11(2,3)4)7-5-8(18-14-7)9(15)13-17/h5-6,17H,1-4H3,(H,12,16)(H,13,15). The molecular formula is C11H17N3O3S. The number of carbonyl (C=O) groups excluding carboxylic acids is 2. The number of hydrogen-bond donors (Lipinski definition) is 3. The van der Waals surface area contributed by atoms with E-state index in [1.165, 1.54) is 0 Å². The molecule has 0 radical (unpaired) electrons. The molecule has 2 amide bonds. The molecule has 0 fully saturated rings. The summed E-state index contributed by atoms with van der Waals surface area (Å²) in [7, 11) is 0. The van der Waals surface area contributed by atoms with Crippen LogP contribution < -0.4 is 10.8 Å². The van der Waals surface area contributed by atoms with E-state index < -0.39 is 11.3 Å². The van der Waals surface area contributed by atoms with Gasteiger partial charge in [-0.2, -0.15) is 4.37 Å². The van der Waals surface area contributed by atoms with Gasteiger partial charge in [0.2, 0.25) is 5.91 Å². The van der Waals surface area contributed by atoms with E-state index in [9.17, 15) is 9.59 Å². The van der Waals surface area contributed by atoms with Crippen molar-refractivity contribution >= 4 is 23.3 Å². The van der Waals surface area contributed by atoms with Crippen molar-refractivity contribution in [2.45, 2.75) is 33.7 Å². The van der Waals surface area contributed by atoms with Gasteiger partial charge in [-0.15, -0.1) is 0 Å². The lowest BCUT2D eigenvalue weighted by atomic mass is 9.95. The van der Waals surface area contributed by atoms with Crippen LogP contribution in [-0.4, -0.2) is 21.4 Å². The van der Waals surface area contributed by atoms with Crippen molar-refractivity contribution in [1.29, 1.82) is 0 Å². The van der Waals surface area contributed by atoms with Crippen LogP contribution in [0.4, 0.5) is 0 Å². The summed E-state index contributed by atoms with van der Waals surface area (Å²) >= 11 is 0.972. The molecule has 1 unspecified atom stereocenters. The Bertz CT molecular complexity index is 451. The van der Waals surface area contributed by atoms with Gasteiger partial charge in [0, 0.05) is 5.41 Å². The zero-order valence-corrected chi connectivity index (χ0v) is 11.6. The molecule has 0 bridgehead atoms. The first-order valence-corrected chi connectivity index (χ1v) is 6.25. The Kier molecular flexibility index (Phi) is 4.42. The number of aromatic nitrogens is 1. The third-order valence-electron chi connectivity index (χ3n) is 2.33. The number of carbonyl (C=O) groups is 2. The Labute approximate surface area is 110 Å². The maximum absolute atomic E-state index is 11.8. The van der Waals surface area contributed by atoms with Crippen LogP contribution >= 0.6 is 11.5 Å². The molecule has 6 nitrogen and oxygen atoms in total. The van der Waals surface area contributed by atoms with Crippen LogP contribution in [0.25, 0.3) is 0 Å². The lowest BCUT2D eigenvalue weighted by molar-refractivity contribution is -0.129. The highest BCUT2D eigenvalue weighted by atomic mass is 32.1. The minimum Gasteiger partial charge on any atom is -0.348 e. The lowest BCUT2D eigenvalue weighted by Gasteiger charge is -2.20. The van der Waals surface area contributed by atoms with E-state index in [4.69, 9.17) is 5.21 Å². The topological polar surface area (TPSA) is 91.3 Å². The Morgan fingerprint density at radius 3 is 2.56 bits per heavy atom. The van der Waals surface area contributed by atoms with Crippen molar-refractivity contribution < 1.29 is 14.8 Å². The van der Waals surface area contributed by atoms with Gasteiger partial charge >= 0.3 is 0 Å². The fourth-order valence-corrected chi connectivity index (χ4v) is 1.86. The highest BCUT2D eigenvalue weighted by Crippen LogP contribution is 2.19. The first-order valence-electron chi connectivity index (χ1n) is 5.47. The van der Waals surface area contributed by atoms with Crippen LogP contribution in [0.1, 0.15) is 49.1 Å². The molecule has 0 saturated heterocycles. The number of hydroxylamine groups is 1. The summed E-state index contributed by atoms with van der Waals surface area (Å²) in [6.07, 6.45) is 0. The van der Waals surface area contributed by atoms with Crippen molar-refractivity contribution in [3.8, 4) is 0 Å². The summed E-state index contributed by atoms with van der Waals surface area (Å²) < 4.78 is 4.08. The second kappa shape index (κ2) is 5.45. The fraction of sp³-hybridized carbons (Fsp3) is 0.545. The molecular weight excluding hydrogens is 254 g/mol. The maximum atomic E-state index is 11.8. The van der Waals surface area contributed by atoms with Gasteiger partial charge in [0.25, 0.3) is 5.91 Å². The van der Waals surface area contributed by atoms with E-state index in [1.807, 2.05) is 20.8 Å². The van der Waals surface area contributed by atoms with Gasteiger partial charge in [0.1, 0.15) is 4.88 Å². The van der Waals surface area contributed by atoms with E-state index in [-0.39, 0.29) is 11.9 Å². The normalized spacial score (nSPS) is 12.9. The molecule has 1 heterocycles. The van der Waals surface area contributed by atoms with Gasteiger partial charge in [-0.1, -0.05) is 20.8 Å². The van der Waals surface area contributed by atoms with Gasteiger partial charge in [-0.3, -0.25) is 14.8 Å². The van der Waals surface area contributed by atoms with Crippen LogP contribution in [0, 0.1) is 5.41 Å². The molecule has 0 aliphatic carbocycles. The molecule has 3 N–H and O–H groups in total. The number of amides is 2. The van der Waals surface area contributed by atoms with E-state index in [0.717, 1.165) is 11.5 Å². The molecule has 0 spiro atoms. The predicted molar refractivity (Wildman–Crippen MR) is 67.4 cm³/mol. The van der Waals surface area contributed by atoms with Crippen LogP contribution in [0.3, 0.4) is 0 Å². The second-order valence-corrected chi connectivity index (χ2v) is 5.81. The number of rotatable bonds is 3. The second-order valence-electron chi connectivity index (χ2n) is 5.00. The highest BCUT2D eigenvalue weighted by molar-refractivity contribution is 7.08. The smallest absolute Gasteiger partial charge is 0.286 e. The number of hydrogen-bond acceptors (Lipinski definition) is 5. The van der Waals surface area contributed by atoms with Crippen LogP contribution in [-0.2, 0) is 4.79 Å². The molecule has 0 aromatic carbocycles. The zero-order chi connectivity index (χ0) is 13.9. The monoisotopic (exact) mass is 271 g/mol. The van der Waals surface area contributed by atoms with E-state index in [0.29, 0.717) is 10.6 Å². The Morgan fingerprint density at radius 2 is 2.06 bits per heavy atom. The first kappa shape index (κ1) is 14.6. The maximum Gasteiger partial charge on any atom is 0.286 e. The van der Waals surface area contributed by atoms with Crippen molar-refractivity contribution in [3.05, 3.63) is 16.6 Å². The van der Waals surface area contributed by atoms with Gasteiger partial charge < -0.3 is 5.32 Å². The molecule has 0 aliphatic heterocycles. The summed E-state index contributed by atoms with van der Waals surface area (Å²) in [5, 5.41) is 11.3. The summed E-state index contributed by atoms with van der Waals surface area (Å²) in [6, 6.07) is 1.26. The third-order valence-corrected chi connectivity index (χ3v) is 3.13. The van der Waals surface area contributed by atoms with E-state index in [2.05, 4.69) is 9.69 Å². The fourth-order valence-electron chi connectivity index (χ4n) is 1.14. The molecule has 0 saturated carbocycles. The van der Waals surface area contributed by atoms with Crippen molar-refractivity contribution in [3.63, 3.8) is 0 Å². The summed E-state index contributed by atoms with van der Waals surface area (Å²) in [4.78, 5) is 23.2. The molecule has 100 valence electrons. The SMILES string of the molecule is CC(NC(=O)C(C)(C)C)c1cc(C(=O)NO)sn1. The largest absolute Gasteiger partial charge is 0.348 e. The minimum absolute atomic E-state index is 0.0869.